The lowest BCUT2D eigenvalue weighted by Gasteiger charge is -2.07. The first-order valence-electron chi connectivity index (χ1n) is 7.19. The quantitative estimate of drug-likeness (QED) is 0.679. The van der Waals surface area contributed by atoms with E-state index in [1.54, 1.807) is 32.4 Å². The van der Waals surface area contributed by atoms with Crippen molar-refractivity contribution in [1.29, 1.82) is 0 Å². The molecular formula is C18H15ClN2O3. The topological polar surface area (TPSA) is 57.4 Å². The molecular weight excluding hydrogens is 328 g/mol. The summed E-state index contributed by atoms with van der Waals surface area (Å²) in [6.07, 6.45) is 3.61. The van der Waals surface area contributed by atoms with Crippen LogP contribution in [0.15, 0.2) is 47.0 Å². The molecule has 0 aliphatic rings. The second-order valence-corrected chi connectivity index (χ2v) is 5.35. The van der Waals surface area contributed by atoms with Crippen LogP contribution in [0.3, 0.4) is 0 Å². The molecule has 1 aromatic heterocycles. The van der Waals surface area contributed by atoms with Crippen molar-refractivity contribution in [2.45, 2.75) is 0 Å². The monoisotopic (exact) mass is 342 g/mol. The summed E-state index contributed by atoms with van der Waals surface area (Å²) in [7, 11) is 3.20. The number of hydrogen-bond acceptors (Lipinski definition) is 5. The molecule has 24 heavy (non-hydrogen) atoms. The van der Waals surface area contributed by atoms with Crippen LogP contribution in [0.5, 0.6) is 11.5 Å². The minimum atomic E-state index is 0.412. The van der Waals surface area contributed by atoms with Crippen LogP contribution < -0.4 is 9.47 Å². The Hall–Kier alpha value is -2.79. The first-order chi connectivity index (χ1) is 11.7. The Kier molecular flexibility index (Phi) is 4.82. The zero-order valence-corrected chi connectivity index (χ0v) is 13.9. The van der Waals surface area contributed by atoms with Gasteiger partial charge >= 0.3 is 0 Å². The SMILES string of the molecule is COc1ccc(C=Cc2nc(-c3ccc(Cl)cc3)no2)cc1OC. The zero-order valence-electron chi connectivity index (χ0n) is 13.2. The van der Waals surface area contributed by atoms with Gasteiger partial charge in [-0.2, -0.15) is 4.98 Å². The Morgan fingerprint density at radius 1 is 0.958 bits per heavy atom. The van der Waals surface area contributed by atoms with E-state index in [9.17, 15) is 0 Å². The molecule has 6 heteroatoms. The number of hydrogen-bond donors (Lipinski definition) is 0. The van der Waals surface area contributed by atoms with Gasteiger partial charge in [-0.1, -0.05) is 22.8 Å². The van der Waals surface area contributed by atoms with Gasteiger partial charge in [0, 0.05) is 16.7 Å². The van der Waals surface area contributed by atoms with Crippen LogP contribution in [0.25, 0.3) is 23.5 Å². The van der Waals surface area contributed by atoms with Gasteiger partial charge in [0.25, 0.3) is 5.89 Å². The third kappa shape index (κ3) is 3.58. The molecule has 3 aromatic rings. The van der Waals surface area contributed by atoms with Crippen LogP contribution in [0.2, 0.25) is 5.02 Å². The molecule has 0 bridgehead atoms. The molecule has 2 aromatic carbocycles. The highest BCUT2D eigenvalue weighted by Gasteiger charge is 2.07. The fourth-order valence-electron chi connectivity index (χ4n) is 2.14. The number of halogens is 1. The first-order valence-corrected chi connectivity index (χ1v) is 7.57. The maximum atomic E-state index is 5.87. The molecule has 0 spiro atoms. The summed E-state index contributed by atoms with van der Waals surface area (Å²) in [6, 6.07) is 12.9. The van der Waals surface area contributed by atoms with Crippen LogP contribution in [0.4, 0.5) is 0 Å². The first kappa shape index (κ1) is 16.1. The Morgan fingerprint density at radius 3 is 2.42 bits per heavy atom. The third-order valence-corrected chi connectivity index (χ3v) is 3.62. The Bertz CT molecular complexity index is 857. The number of rotatable bonds is 5. The average Bonchev–Trinajstić information content (AvgIpc) is 3.09. The molecule has 0 atom stereocenters. The van der Waals surface area contributed by atoms with Gasteiger partial charge in [0.2, 0.25) is 5.82 Å². The van der Waals surface area contributed by atoms with Crippen LogP contribution in [-0.2, 0) is 0 Å². The predicted molar refractivity (Wildman–Crippen MR) is 93.2 cm³/mol. The molecule has 0 saturated heterocycles. The standard InChI is InChI=1S/C18H15ClN2O3/c1-22-15-9-3-12(11-16(15)23-2)4-10-17-20-18(21-24-17)13-5-7-14(19)8-6-13/h3-11H,1-2H3. The van der Waals surface area contributed by atoms with Crippen molar-refractivity contribution >= 4 is 23.8 Å². The van der Waals surface area contributed by atoms with E-state index < -0.39 is 0 Å². The summed E-state index contributed by atoms with van der Waals surface area (Å²) in [4.78, 5) is 4.34. The molecule has 3 rings (SSSR count). The van der Waals surface area contributed by atoms with Crippen LogP contribution >= 0.6 is 11.6 Å². The summed E-state index contributed by atoms with van der Waals surface area (Å²) in [5.41, 5.74) is 1.77. The van der Waals surface area contributed by atoms with Crippen molar-refractivity contribution in [3.05, 3.63) is 58.9 Å². The summed E-state index contributed by atoms with van der Waals surface area (Å²) >= 11 is 5.87. The average molecular weight is 343 g/mol. The van der Waals surface area contributed by atoms with E-state index in [0.717, 1.165) is 11.1 Å². The number of benzene rings is 2. The second-order valence-electron chi connectivity index (χ2n) is 4.91. The Labute approximate surface area is 144 Å². The van der Waals surface area contributed by atoms with E-state index in [1.807, 2.05) is 36.4 Å². The minimum Gasteiger partial charge on any atom is -0.493 e. The lowest BCUT2D eigenvalue weighted by molar-refractivity contribution is 0.355. The van der Waals surface area contributed by atoms with Crippen LogP contribution in [-0.4, -0.2) is 24.4 Å². The summed E-state index contributed by atoms with van der Waals surface area (Å²) in [5.74, 6) is 2.26. The molecule has 0 fully saturated rings. The molecule has 0 aliphatic carbocycles. The predicted octanol–water partition coefficient (Wildman–Crippen LogP) is 4.58. The molecule has 0 amide bonds. The molecule has 1 heterocycles. The van der Waals surface area contributed by atoms with Crippen molar-refractivity contribution in [1.82, 2.24) is 10.1 Å². The fraction of sp³-hybridized carbons (Fsp3) is 0.111. The highest BCUT2D eigenvalue weighted by molar-refractivity contribution is 6.30. The van der Waals surface area contributed by atoms with E-state index in [2.05, 4.69) is 10.1 Å². The number of methoxy groups -OCH3 is 2. The van der Waals surface area contributed by atoms with Crippen LogP contribution in [0.1, 0.15) is 11.5 Å². The Morgan fingerprint density at radius 2 is 1.71 bits per heavy atom. The van der Waals surface area contributed by atoms with E-state index >= 15 is 0 Å². The minimum absolute atomic E-state index is 0.412. The molecule has 0 N–H and O–H groups in total. The van der Waals surface area contributed by atoms with Gasteiger partial charge in [0.15, 0.2) is 11.5 Å². The number of aromatic nitrogens is 2. The number of ether oxygens (including phenoxy) is 2. The van der Waals surface area contributed by atoms with Gasteiger partial charge in [-0.25, -0.2) is 0 Å². The highest BCUT2D eigenvalue weighted by atomic mass is 35.5. The molecule has 0 aliphatic heterocycles. The summed E-state index contributed by atoms with van der Waals surface area (Å²) in [5, 5.41) is 4.63. The smallest absolute Gasteiger partial charge is 0.250 e. The van der Waals surface area contributed by atoms with E-state index in [0.29, 0.717) is 28.2 Å². The third-order valence-electron chi connectivity index (χ3n) is 3.37. The summed E-state index contributed by atoms with van der Waals surface area (Å²) in [6.45, 7) is 0. The normalized spacial score (nSPS) is 11.0. The van der Waals surface area contributed by atoms with Gasteiger partial charge in [0.1, 0.15) is 0 Å². The maximum absolute atomic E-state index is 5.87. The largest absolute Gasteiger partial charge is 0.493 e. The number of nitrogens with zero attached hydrogens (tertiary/aromatic N) is 2. The van der Waals surface area contributed by atoms with Gasteiger partial charge in [0.05, 0.1) is 14.2 Å². The lowest BCUT2D eigenvalue weighted by Crippen LogP contribution is -1.90. The van der Waals surface area contributed by atoms with E-state index in [1.165, 1.54) is 0 Å². The second kappa shape index (κ2) is 7.19. The van der Waals surface area contributed by atoms with Crippen molar-refractivity contribution < 1.29 is 14.0 Å². The maximum Gasteiger partial charge on any atom is 0.250 e. The van der Waals surface area contributed by atoms with Gasteiger partial charge in [-0.05, 0) is 48.0 Å². The molecule has 0 radical (unpaired) electrons. The molecule has 122 valence electrons. The van der Waals surface area contributed by atoms with Crippen molar-refractivity contribution in [3.8, 4) is 22.9 Å². The fourth-order valence-corrected chi connectivity index (χ4v) is 2.27. The van der Waals surface area contributed by atoms with Crippen LogP contribution in [0, 0.1) is 0 Å². The highest BCUT2D eigenvalue weighted by Crippen LogP contribution is 2.28. The lowest BCUT2D eigenvalue weighted by atomic mass is 10.2. The van der Waals surface area contributed by atoms with Gasteiger partial charge in [-0.3, -0.25) is 0 Å². The summed E-state index contributed by atoms with van der Waals surface area (Å²) < 4.78 is 15.7. The molecule has 5 nitrogen and oxygen atoms in total. The molecule has 0 saturated carbocycles. The van der Waals surface area contributed by atoms with Crippen molar-refractivity contribution in [2.75, 3.05) is 14.2 Å². The molecule has 0 unspecified atom stereocenters. The van der Waals surface area contributed by atoms with E-state index in [4.69, 9.17) is 25.6 Å². The zero-order chi connectivity index (χ0) is 16.9. The van der Waals surface area contributed by atoms with Crippen molar-refractivity contribution in [3.63, 3.8) is 0 Å². The van der Waals surface area contributed by atoms with Gasteiger partial charge < -0.3 is 14.0 Å². The Balaban J connectivity index is 1.79. The van der Waals surface area contributed by atoms with E-state index in [-0.39, 0.29) is 0 Å². The van der Waals surface area contributed by atoms with Gasteiger partial charge in [-0.15, -0.1) is 0 Å². The van der Waals surface area contributed by atoms with Crippen molar-refractivity contribution in [2.24, 2.45) is 0 Å².